The number of aryl methyl sites for hydroxylation is 1. The highest BCUT2D eigenvalue weighted by molar-refractivity contribution is 6.30. The van der Waals surface area contributed by atoms with E-state index in [9.17, 15) is 8.78 Å². The molecule has 0 radical (unpaired) electrons. The predicted molar refractivity (Wildman–Crippen MR) is 74.8 cm³/mol. The van der Waals surface area contributed by atoms with Gasteiger partial charge >= 0.3 is 0 Å². The largest absolute Gasteiger partial charge is 0.207 e. The molecule has 0 aliphatic carbocycles. The highest BCUT2D eigenvalue weighted by Gasteiger charge is 2.14. The zero-order chi connectivity index (χ0) is 14.0. The van der Waals surface area contributed by atoms with E-state index >= 15 is 0 Å². The summed E-state index contributed by atoms with van der Waals surface area (Å²) in [6.45, 7) is 1.90. The molecular formula is C15H12Cl2F2. The fourth-order valence-corrected chi connectivity index (χ4v) is 2.62. The van der Waals surface area contributed by atoms with Crippen molar-refractivity contribution in [2.24, 2.45) is 0 Å². The van der Waals surface area contributed by atoms with E-state index in [-0.39, 0.29) is 5.38 Å². The molecule has 1 atom stereocenters. The molecule has 0 N–H and O–H groups in total. The fraction of sp³-hybridized carbons (Fsp3) is 0.200. The van der Waals surface area contributed by atoms with E-state index in [2.05, 4.69) is 0 Å². The van der Waals surface area contributed by atoms with Crippen LogP contribution in [0.15, 0.2) is 36.4 Å². The maximum absolute atomic E-state index is 13.6. The van der Waals surface area contributed by atoms with Crippen LogP contribution in [-0.2, 0) is 6.42 Å². The van der Waals surface area contributed by atoms with Crippen molar-refractivity contribution < 1.29 is 8.78 Å². The van der Waals surface area contributed by atoms with Gasteiger partial charge in [0.05, 0.1) is 5.38 Å². The second kappa shape index (κ2) is 5.89. The summed E-state index contributed by atoms with van der Waals surface area (Å²) < 4.78 is 26.4. The Morgan fingerprint density at radius 2 is 1.84 bits per heavy atom. The van der Waals surface area contributed by atoms with Crippen LogP contribution in [0.4, 0.5) is 8.78 Å². The Morgan fingerprint density at radius 3 is 2.47 bits per heavy atom. The minimum atomic E-state index is -0.588. The Kier molecular flexibility index (Phi) is 4.43. The van der Waals surface area contributed by atoms with Gasteiger partial charge in [0.2, 0.25) is 0 Å². The summed E-state index contributed by atoms with van der Waals surface area (Å²) in [5.41, 5.74) is 2.25. The maximum Gasteiger partial charge on any atom is 0.129 e. The van der Waals surface area contributed by atoms with Crippen LogP contribution >= 0.6 is 23.2 Å². The monoisotopic (exact) mass is 300 g/mol. The maximum atomic E-state index is 13.6. The van der Waals surface area contributed by atoms with Crippen molar-refractivity contribution >= 4 is 23.2 Å². The molecule has 0 bridgehead atoms. The van der Waals surface area contributed by atoms with E-state index in [1.807, 2.05) is 19.1 Å². The van der Waals surface area contributed by atoms with Gasteiger partial charge in [0.15, 0.2) is 0 Å². The molecular weight excluding hydrogens is 289 g/mol. The number of halogens is 4. The number of hydrogen-bond donors (Lipinski definition) is 0. The summed E-state index contributed by atoms with van der Waals surface area (Å²) in [7, 11) is 0. The van der Waals surface area contributed by atoms with Crippen LogP contribution in [0.2, 0.25) is 5.02 Å². The summed E-state index contributed by atoms with van der Waals surface area (Å²) in [6, 6.07) is 8.92. The van der Waals surface area contributed by atoms with Gasteiger partial charge in [-0.2, -0.15) is 0 Å². The van der Waals surface area contributed by atoms with Crippen LogP contribution in [0, 0.1) is 18.6 Å². The van der Waals surface area contributed by atoms with Crippen LogP contribution in [0.1, 0.15) is 22.1 Å². The average Bonchev–Trinajstić information content (AvgIpc) is 2.32. The lowest BCUT2D eigenvalue weighted by Gasteiger charge is -2.13. The topological polar surface area (TPSA) is 0 Å². The quantitative estimate of drug-likeness (QED) is 0.661. The van der Waals surface area contributed by atoms with Gasteiger partial charge < -0.3 is 0 Å². The van der Waals surface area contributed by atoms with E-state index < -0.39 is 11.6 Å². The molecule has 19 heavy (non-hydrogen) atoms. The van der Waals surface area contributed by atoms with Gasteiger partial charge in [0, 0.05) is 11.1 Å². The highest BCUT2D eigenvalue weighted by atomic mass is 35.5. The first-order valence-corrected chi connectivity index (χ1v) is 6.63. The molecule has 2 aromatic rings. The van der Waals surface area contributed by atoms with Crippen LogP contribution in [-0.4, -0.2) is 0 Å². The molecule has 0 spiro atoms. The van der Waals surface area contributed by atoms with Crippen molar-refractivity contribution in [3.8, 4) is 0 Å². The average molecular weight is 301 g/mol. The second-order valence-electron chi connectivity index (χ2n) is 4.41. The zero-order valence-electron chi connectivity index (χ0n) is 10.3. The van der Waals surface area contributed by atoms with Gasteiger partial charge in [-0.1, -0.05) is 23.7 Å². The minimum absolute atomic E-state index is 0.302. The molecule has 100 valence electrons. The molecule has 0 aromatic heterocycles. The predicted octanol–water partition coefficient (Wildman–Crippen LogP) is 5.45. The Morgan fingerprint density at radius 1 is 1.11 bits per heavy atom. The number of hydrogen-bond acceptors (Lipinski definition) is 0. The van der Waals surface area contributed by atoms with E-state index in [0.717, 1.165) is 17.2 Å². The van der Waals surface area contributed by atoms with Gasteiger partial charge in [-0.25, -0.2) is 8.78 Å². The number of alkyl halides is 1. The van der Waals surface area contributed by atoms with Crippen molar-refractivity contribution in [3.63, 3.8) is 0 Å². The highest BCUT2D eigenvalue weighted by Crippen LogP contribution is 2.30. The Hall–Kier alpha value is -1.12. The van der Waals surface area contributed by atoms with Crippen molar-refractivity contribution in [2.45, 2.75) is 18.7 Å². The third-order valence-electron chi connectivity index (χ3n) is 2.98. The first-order valence-electron chi connectivity index (χ1n) is 5.81. The number of rotatable bonds is 3. The van der Waals surface area contributed by atoms with Crippen LogP contribution in [0.25, 0.3) is 0 Å². The van der Waals surface area contributed by atoms with Gasteiger partial charge in [-0.3, -0.25) is 0 Å². The Bertz CT molecular complexity index is 597. The molecule has 2 aromatic carbocycles. The molecule has 0 amide bonds. The lowest BCUT2D eigenvalue weighted by Crippen LogP contribution is -2.01. The lowest BCUT2D eigenvalue weighted by molar-refractivity contribution is 0.570. The van der Waals surface area contributed by atoms with Crippen molar-refractivity contribution in [1.29, 1.82) is 0 Å². The third kappa shape index (κ3) is 3.46. The normalized spacial score (nSPS) is 12.5. The lowest BCUT2D eigenvalue weighted by atomic mass is 10.00. The van der Waals surface area contributed by atoms with Crippen LogP contribution < -0.4 is 0 Å². The smallest absolute Gasteiger partial charge is 0.129 e. The Labute approximate surface area is 121 Å². The molecule has 0 heterocycles. The van der Waals surface area contributed by atoms with Crippen LogP contribution in [0.5, 0.6) is 0 Å². The molecule has 0 saturated carbocycles. The Balaban J connectivity index is 2.23. The first-order chi connectivity index (χ1) is 8.97. The van der Waals surface area contributed by atoms with E-state index in [4.69, 9.17) is 23.2 Å². The van der Waals surface area contributed by atoms with Gasteiger partial charge in [0.25, 0.3) is 0 Å². The standard InChI is InChI=1S/C15H12Cl2F2/c1-9-6-11(16)3-5-13(9)14(17)7-10-2-4-12(18)8-15(10)19/h2-6,8,14H,7H2,1H3. The van der Waals surface area contributed by atoms with E-state index in [0.29, 0.717) is 17.0 Å². The fourth-order valence-electron chi connectivity index (χ4n) is 1.98. The van der Waals surface area contributed by atoms with E-state index in [1.54, 1.807) is 6.07 Å². The van der Waals surface area contributed by atoms with Gasteiger partial charge in [-0.15, -0.1) is 11.6 Å². The molecule has 0 aliphatic rings. The molecule has 2 rings (SSSR count). The third-order valence-corrected chi connectivity index (χ3v) is 3.61. The molecule has 0 nitrogen and oxygen atoms in total. The molecule has 0 fully saturated rings. The minimum Gasteiger partial charge on any atom is -0.207 e. The zero-order valence-corrected chi connectivity index (χ0v) is 11.8. The number of benzene rings is 2. The van der Waals surface area contributed by atoms with Crippen molar-refractivity contribution in [2.75, 3.05) is 0 Å². The summed E-state index contributed by atoms with van der Waals surface area (Å²) >= 11 is 12.2. The molecule has 4 heteroatoms. The summed E-state index contributed by atoms with van der Waals surface area (Å²) in [5.74, 6) is -1.16. The molecule has 0 aliphatic heterocycles. The summed E-state index contributed by atoms with van der Waals surface area (Å²) in [6.07, 6.45) is 0.302. The van der Waals surface area contributed by atoms with Gasteiger partial charge in [-0.05, 0) is 48.2 Å². The summed E-state index contributed by atoms with van der Waals surface area (Å²) in [4.78, 5) is 0. The van der Waals surface area contributed by atoms with E-state index in [1.165, 1.54) is 12.1 Å². The first kappa shape index (κ1) is 14.3. The van der Waals surface area contributed by atoms with Gasteiger partial charge in [0.1, 0.15) is 11.6 Å². The van der Waals surface area contributed by atoms with Crippen LogP contribution in [0.3, 0.4) is 0 Å². The second-order valence-corrected chi connectivity index (χ2v) is 5.37. The summed E-state index contributed by atoms with van der Waals surface area (Å²) in [5, 5.41) is 0.260. The molecule has 1 unspecified atom stereocenters. The SMILES string of the molecule is Cc1cc(Cl)ccc1C(Cl)Cc1ccc(F)cc1F. The molecule has 0 saturated heterocycles. The van der Waals surface area contributed by atoms with Crippen molar-refractivity contribution in [3.05, 3.63) is 69.7 Å². The van der Waals surface area contributed by atoms with Crippen molar-refractivity contribution in [1.82, 2.24) is 0 Å².